The third-order valence-corrected chi connectivity index (χ3v) is 3.29. The first kappa shape index (κ1) is 9.52. The number of anilines is 1. The van der Waals surface area contributed by atoms with Crippen molar-refractivity contribution in [2.75, 3.05) is 18.9 Å². The molecule has 1 aliphatic heterocycles. The Morgan fingerprint density at radius 3 is 3.21 bits per heavy atom. The Labute approximate surface area is 84.7 Å². The van der Waals surface area contributed by atoms with Crippen molar-refractivity contribution in [2.24, 2.45) is 5.92 Å². The van der Waals surface area contributed by atoms with E-state index in [0.29, 0.717) is 18.0 Å². The Bertz CT molecular complexity index is 307. The van der Waals surface area contributed by atoms with Crippen LogP contribution < -0.4 is 10.6 Å². The number of hydrogen-bond acceptors (Lipinski definition) is 3. The van der Waals surface area contributed by atoms with Crippen LogP contribution in [0.5, 0.6) is 0 Å². The van der Waals surface area contributed by atoms with Gasteiger partial charge in [0.25, 0.3) is 0 Å². The Hall–Kier alpha value is -1.03. The van der Waals surface area contributed by atoms with Crippen LogP contribution in [0.2, 0.25) is 0 Å². The van der Waals surface area contributed by atoms with Gasteiger partial charge in [0.1, 0.15) is 5.82 Å². The van der Waals surface area contributed by atoms with Gasteiger partial charge in [-0.05, 0) is 20.9 Å². The molecule has 2 heterocycles. The number of nitrogens with zero attached hydrogens (tertiary/aromatic N) is 2. The van der Waals surface area contributed by atoms with Crippen molar-refractivity contribution in [3.05, 3.63) is 12.3 Å². The molecule has 0 fully saturated rings. The second-order valence-electron chi connectivity index (χ2n) is 4.02. The maximum absolute atomic E-state index is 4.33. The van der Waals surface area contributed by atoms with Crippen molar-refractivity contribution >= 4 is 5.82 Å². The summed E-state index contributed by atoms with van der Waals surface area (Å²) in [7, 11) is 2.01. The van der Waals surface area contributed by atoms with Crippen LogP contribution in [0.15, 0.2) is 12.3 Å². The fourth-order valence-electron chi connectivity index (χ4n) is 2.16. The summed E-state index contributed by atoms with van der Waals surface area (Å²) in [5.41, 5.74) is 0. The van der Waals surface area contributed by atoms with Crippen LogP contribution in [0.1, 0.15) is 19.9 Å². The molecule has 1 aromatic rings. The number of aromatic nitrogens is 2. The van der Waals surface area contributed by atoms with Gasteiger partial charge < -0.3 is 10.6 Å². The van der Waals surface area contributed by atoms with E-state index in [-0.39, 0.29) is 0 Å². The molecule has 2 rings (SSSR count). The first-order valence-corrected chi connectivity index (χ1v) is 5.18. The zero-order valence-electron chi connectivity index (χ0n) is 8.99. The van der Waals surface area contributed by atoms with Gasteiger partial charge in [-0.25, -0.2) is 4.68 Å². The Morgan fingerprint density at radius 2 is 2.50 bits per heavy atom. The van der Waals surface area contributed by atoms with Gasteiger partial charge in [0, 0.05) is 24.6 Å². The van der Waals surface area contributed by atoms with E-state index in [0.717, 1.165) is 12.4 Å². The molecule has 3 unspecified atom stereocenters. The summed E-state index contributed by atoms with van der Waals surface area (Å²) in [6.45, 7) is 5.47. The van der Waals surface area contributed by atoms with E-state index in [2.05, 4.69) is 34.3 Å². The van der Waals surface area contributed by atoms with Gasteiger partial charge in [0.15, 0.2) is 0 Å². The predicted molar refractivity (Wildman–Crippen MR) is 57.4 cm³/mol. The average molecular weight is 194 g/mol. The fraction of sp³-hybridized carbons (Fsp3) is 0.700. The number of hydrogen-bond donors (Lipinski definition) is 2. The van der Waals surface area contributed by atoms with Gasteiger partial charge in [-0.2, -0.15) is 5.10 Å². The Morgan fingerprint density at radius 1 is 1.71 bits per heavy atom. The zero-order chi connectivity index (χ0) is 10.1. The van der Waals surface area contributed by atoms with Crippen molar-refractivity contribution in [3.8, 4) is 0 Å². The van der Waals surface area contributed by atoms with Crippen molar-refractivity contribution in [1.29, 1.82) is 0 Å². The summed E-state index contributed by atoms with van der Waals surface area (Å²) in [5, 5.41) is 11.0. The third-order valence-electron chi connectivity index (χ3n) is 3.29. The van der Waals surface area contributed by atoms with Crippen molar-refractivity contribution in [3.63, 3.8) is 0 Å². The molecule has 4 nitrogen and oxygen atoms in total. The maximum Gasteiger partial charge on any atom is 0.124 e. The molecule has 0 saturated heterocycles. The first-order valence-electron chi connectivity index (χ1n) is 5.18. The standard InChI is InChI=1S/C10H18N4/c1-7(11-3)9-6-12-10-4-5-13-14(10)8(9)2/h4-5,7-9,11-12H,6H2,1-3H3. The van der Waals surface area contributed by atoms with Crippen molar-refractivity contribution in [1.82, 2.24) is 15.1 Å². The highest BCUT2D eigenvalue weighted by atomic mass is 15.4. The highest BCUT2D eigenvalue weighted by Crippen LogP contribution is 2.28. The Balaban J connectivity index is 2.20. The first-order chi connectivity index (χ1) is 6.74. The quantitative estimate of drug-likeness (QED) is 0.740. The van der Waals surface area contributed by atoms with E-state index in [4.69, 9.17) is 0 Å². The lowest BCUT2D eigenvalue weighted by Crippen LogP contribution is -2.42. The predicted octanol–water partition coefficient (Wildman–Crippen LogP) is 1.09. The van der Waals surface area contributed by atoms with E-state index < -0.39 is 0 Å². The largest absolute Gasteiger partial charge is 0.370 e. The van der Waals surface area contributed by atoms with Gasteiger partial charge in [0.2, 0.25) is 0 Å². The van der Waals surface area contributed by atoms with Crippen LogP contribution in [0.4, 0.5) is 5.82 Å². The molecule has 2 N–H and O–H groups in total. The monoisotopic (exact) mass is 194 g/mol. The molecule has 4 heteroatoms. The highest BCUT2D eigenvalue weighted by Gasteiger charge is 2.29. The summed E-state index contributed by atoms with van der Waals surface area (Å²) in [4.78, 5) is 0. The lowest BCUT2D eigenvalue weighted by atomic mass is 9.92. The smallest absolute Gasteiger partial charge is 0.124 e. The van der Waals surface area contributed by atoms with E-state index in [1.807, 2.05) is 19.3 Å². The summed E-state index contributed by atoms with van der Waals surface area (Å²) in [5.74, 6) is 1.73. The summed E-state index contributed by atoms with van der Waals surface area (Å²) in [6.07, 6.45) is 1.85. The molecule has 0 spiro atoms. The van der Waals surface area contributed by atoms with Gasteiger partial charge in [-0.15, -0.1) is 0 Å². The lowest BCUT2D eigenvalue weighted by Gasteiger charge is -2.35. The van der Waals surface area contributed by atoms with E-state index >= 15 is 0 Å². The molecule has 0 radical (unpaired) electrons. The van der Waals surface area contributed by atoms with Gasteiger partial charge in [-0.3, -0.25) is 0 Å². The lowest BCUT2D eigenvalue weighted by molar-refractivity contribution is 0.267. The van der Waals surface area contributed by atoms with E-state index in [9.17, 15) is 0 Å². The van der Waals surface area contributed by atoms with Crippen LogP contribution in [0.25, 0.3) is 0 Å². The molecular weight excluding hydrogens is 176 g/mol. The van der Waals surface area contributed by atoms with Crippen LogP contribution in [-0.2, 0) is 0 Å². The molecule has 0 bridgehead atoms. The highest BCUT2D eigenvalue weighted by molar-refractivity contribution is 5.36. The summed E-state index contributed by atoms with van der Waals surface area (Å²) >= 11 is 0. The number of rotatable bonds is 2. The summed E-state index contributed by atoms with van der Waals surface area (Å²) in [6, 6.07) is 3.00. The normalized spacial score (nSPS) is 27.9. The molecule has 0 saturated carbocycles. The van der Waals surface area contributed by atoms with Gasteiger partial charge in [0.05, 0.1) is 12.2 Å². The second kappa shape index (κ2) is 3.61. The number of nitrogens with one attached hydrogen (secondary N) is 2. The minimum Gasteiger partial charge on any atom is -0.370 e. The van der Waals surface area contributed by atoms with Crippen LogP contribution in [-0.4, -0.2) is 29.4 Å². The third kappa shape index (κ3) is 1.39. The maximum atomic E-state index is 4.33. The molecule has 0 aliphatic carbocycles. The Kier molecular flexibility index (Phi) is 2.46. The topological polar surface area (TPSA) is 41.9 Å². The molecule has 1 aliphatic rings. The SMILES string of the molecule is CNC(C)C1CNc2ccnn2C1C. The van der Waals surface area contributed by atoms with Gasteiger partial charge >= 0.3 is 0 Å². The minimum absolute atomic E-state index is 0.462. The van der Waals surface area contributed by atoms with Gasteiger partial charge in [-0.1, -0.05) is 0 Å². The molecule has 14 heavy (non-hydrogen) atoms. The average Bonchev–Trinajstić information content (AvgIpc) is 2.66. The van der Waals surface area contributed by atoms with E-state index in [1.165, 1.54) is 0 Å². The van der Waals surface area contributed by atoms with Crippen LogP contribution >= 0.6 is 0 Å². The van der Waals surface area contributed by atoms with E-state index in [1.54, 1.807) is 0 Å². The van der Waals surface area contributed by atoms with Crippen molar-refractivity contribution < 1.29 is 0 Å². The molecule has 3 atom stereocenters. The number of fused-ring (bicyclic) bond motifs is 1. The molecule has 0 aromatic carbocycles. The van der Waals surface area contributed by atoms with Crippen LogP contribution in [0.3, 0.4) is 0 Å². The van der Waals surface area contributed by atoms with Crippen LogP contribution in [0, 0.1) is 5.92 Å². The minimum atomic E-state index is 0.462. The fourth-order valence-corrected chi connectivity index (χ4v) is 2.16. The summed E-state index contributed by atoms with van der Waals surface area (Å²) < 4.78 is 2.07. The molecule has 1 aromatic heterocycles. The second-order valence-corrected chi connectivity index (χ2v) is 4.02. The molecule has 0 amide bonds. The zero-order valence-corrected chi connectivity index (χ0v) is 8.99. The molecule has 78 valence electrons. The van der Waals surface area contributed by atoms with Crippen molar-refractivity contribution in [2.45, 2.75) is 25.9 Å². The molecular formula is C10H18N4.